The monoisotopic (exact) mass is 1620 g/mol. The Kier molecular flexibility index (Phi) is 34.1. The number of nitrogens with zero attached hydrogens (tertiary/aromatic N) is 3. The van der Waals surface area contributed by atoms with Crippen molar-refractivity contribution in [2.75, 3.05) is 125 Å². The number of hydrogen-bond acceptors (Lipinski definition) is 23. The number of benzene rings is 6. The molecule has 0 radical (unpaired) electrons. The standard InChI is InChI=1S/C25H24ClF3N2O5.C23H27FN2O5.C15H21FN2O3.C13H18O6S.4CH4/c26-16-2-4-19-15(9-16)11-22(36-19)25(28,29)24(33)30-18(13-31-6-5-17(27)12-31)23(32)14-1-3-20-21(10-14)35-8-7-34-20;24-18-8-9-26(13-18)14-19(25-23(28)31-15-16-4-2-1-3-5-16)22(27)17-6-7-20-21(12-17)30-11-10-29-20;16-11-3-4-18(8-11)9-12(17)15(19)10-1-2-13-14(7-10)21-6-5-20-13;1-9(8-19-20(2,15)16)13(14)10-3-4-11-12(7-10)18-6-5-17-11;;;;/h1-4,9-11,17-18,23,32H,5-8,12-13H2,(H,30,33);1-7,12,18-19,22,27H,8-11,13-15H2,(H,25,28);1-2,7,11-12,15,19H,3-6,8-9,17H2;3-4,7,9,13-14H,5-6,8H2,1-2H3;4*1H4/t17-,18+,23+;18-,19+,22+;11-,12+,15+;9-,13+;;;;/m0001..../s1. The molecule has 8 heterocycles. The van der Waals surface area contributed by atoms with Crippen molar-refractivity contribution in [1.82, 2.24) is 25.3 Å². The molecule has 8 N–H and O–H groups in total. The summed E-state index contributed by atoms with van der Waals surface area (Å²) in [6, 6.07) is 32.9. The van der Waals surface area contributed by atoms with Crippen molar-refractivity contribution in [2.24, 2.45) is 11.7 Å². The lowest BCUT2D eigenvalue weighted by Gasteiger charge is -2.30. The Bertz CT molecular complexity index is 4260. The molecule has 0 bridgehead atoms. The Balaban J connectivity index is 0.000000210. The number of likely N-dealkylation sites (tertiary alicyclic amines) is 3. The Morgan fingerprint density at radius 3 is 1.35 bits per heavy atom. The number of amides is 2. The predicted molar refractivity (Wildman–Crippen MR) is 413 cm³/mol. The highest BCUT2D eigenvalue weighted by Crippen LogP contribution is 2.40. The topological polar surface area (TPSA) is 314 Å². The summed E-state index contributed by atoms with van der Waals surface area (Å²) in [6.45, 7) is 8.58. The third-order valence-corrected chi connectivity index (χ3v) is 19.6. The van der Waals surface area contributed by atoms with E-state index < -0.39 is 94.9 Å². The quantitative estimate of drug-likeness (QED) is 0.0231. The van der Waals surface area contributed by atoms with E-state index in [2.05, 4.69) is 10.6 Å². The van der Waals surface area contributed by atoms with Gasteiger partial charge in [-0.1, -0.05) is 103 Å². The first-order chi connectivity index (χ1) is 51.8. The minimum absolute atomic E-state index is 0. The van der Waals surface area contributed by atoms with Gasteiger partial charge in [0.15, 0.2) is 51.8 Å². The number of halogens is 6. The lowest BCUT2D eigenvalue weighted by Crippen LogP contribution is -2.51. The third kappa shape index (κ3) is 25.0. The molecule has 3 fully saturated rings. The predicted octanol–water partition coefficient (Wildman–Crippen LogP) is 11.6. The van der Waals surface area contributed by atoms with Crippen molar-refractivity contribution in [2.45, 2.75) is 129 Å². The summed E-state index contributed by atoms with van der Waals surface area (Å²) < 4.78 is 152. The number of aliphatic hydroxyl groups excluding tert-OH is 4. The number of nitrogens with two attached hydrogens (primary N) is 1. The van der Waals surface area contributed by atoms with E-state index in [-0.39, 0.29) is 74.1 Å². The number of alkyl carbamates (subject to hydrolysis) is 1. The molecule has 618 valence electrons. The second-order valence-electron chi connectivity index (χ2n) is 27.2. The summed E-state index contributed by atoms with van der Waals surface area (Å²) in [7, 11) is -3.51. The molecule has 25 nitrogen and oxygen atoms in total. The fourth-order valence-corrected chi connectivity index (χ4v) is 13.7. The number of nitrogens with one attached hydrogen (secondary N) is 2. The van der Waals surface area contributed by atoms with Gasteiger partial charge in [0, 0.05) is 81.3 Å². The van der Waals surface area contributed by atoms with Crippen molar-refractivity contribution >= 4 is 44.7 Å². The van der Waals surface area contributed by atoms with Gasteiger partial charge in [-0.25, -0.2) is 18.0 Å². The second-order valence-corrected chi connectivity index (χ2v) is 29.3. The zero-order chi connectivity index (χ0) is 76.7. The van der Waals surface area contributed by atoms with Crippen LogP contribution in [-0.2, 0) is 36.4 Å². The summed E-state index contributed by atoms with van der Waals surface area (Å²) in [5.41, 5.74) is 9.33. The number of aliphatic hydroxyl groups is 4. The molecule has 14 rings (SSSR count). The average molecular weight is 1620 g/mol. The molecule has 0 unspecified atom stereocenters. The maximum absolute atomic E-state index is 15.2. The largest absolute Gasteiger partial charge is 0.486 e. The van der Waals surface area contributed by atoms with E-state index in [0.717, 1.165) is 17.9 Å². The summed E-state index contributed by atoms with van der Waals surface area (Å²) in [4.78, 5) is 30.8. The van der Waals surface area contributed by atoms with Crippen LogP contribution in [0, 0.1) is 5.92 Å². The van der Waals surface area contributed by atoms with Gasteiger partial charge < -0.3 is 83.8 Å². The van der Waals surface area contributed by atoms with Crippen molar-refractivity contribution in [1.29, 1.82) is 0 Å². The van der Waals surface area contributed by atoms with Crippen LogP contribution in [0.15, 0.2) is 132 Å². The fourth-order valence-electron chi connectivity index (χ4n) is 13.1. The van der Waals surface area contributed by atoms with E-state index in [1.54, 1.807) is 84.6 Å². The summed E-state index contributed by atoms with van der Waals surface area (Å²) in [5.74, 6) is -2.28. The van der Waals surface area contributed by atoms with E-state index in [1.165, 1.54) is 18.2 Å². The molecular formula is C80H106ClF5N6O19S. The SMILES string of the molecule is C.C.C.C.C[C@H](COS(C)(=O)=O)[C@H](O)c1ccc2c(c1)OCCO2.N[C@H](CN1CC[C@H](F)C1)[C@H](O)c1ccc2c(c1)OCCO2.O=C(N[C@H](CN1CC[C@H](F)C1)[C@H](O)c1ccc2c(c1)OCCO2)C(F)(F)c1cc2cc(Cl)ccc2o1.O=C(N[C@H](CN1CC[C@H](F)C1)[C@H](O)c1ccc2c(c1)OCCO2)OCc1ccccc1. The zero-order valence-electron chi connectivity index (χ0n) is 59.5. The van der Waals surface area contributed by atoms with Gasteiger partial charge in [-0.15, -0.1) is 0 Å². The van der Waals surface area contributed by atoms with E-state index in [1.807, 2.05) is 40.1 Å². The first kappa shape index (κ1) is 90.7. The van der Waals surface area contributed by atoms with Gasteiger partial charge >= 0.3 is 12.0 Å². The van der Waals surface area contributed by atoms with Crippen LogP contribution in [0.5, 0.6) is 46.0 Å². The lowest BCUT2D eigenvalue weighted by molar-refractivity contribution is -0.151. The minimum Gasteiger partial charge on any atom is -0.486 e. The number of ether oxygens (including phenoxy) is 9. The highest BCUT2D eigenvalue weighted by Gasteiger charge is 2.47. The van der Waals surface area contributed by atoms with Crippen molar-refractivity contribution in [3.8, 4) is 46.0 Å². The highest BCUT2D eigenvalue weighted by atomic mass is 35.5. The second kappa shape index (κ2) is 42.1. The number of carbonyl (C=O) groups excluding carboxylic acids is 2. The molecule has 0 aliphatic carbocycles. The summed E-state index contributed by atoms with van der Waals surface area (Å²) in [6.07, 6.45) is -5.15. The molecule has 1 aromatic heterocycles. The van der Waals surface area contributed by atoms with Crippen molar-refractivity contribution < 1.29 is 112 Å². The van der Waals surface area contributed by atoms with Crippen LogP contribution in [0.3, 0.4) is 0 Å². The molecule has 7 aliphatic heterocycles. The number of hydrogen-bond donors (Lipinski definition) is 7. The molecule has 3 saturated heterocycles. The molecule has 0 spiro atoms. The van der Waals surface area contributed by atoms with E-state index >= 15 is 8.78 Å². The minimum atomic E-state index is -4.04. The van der Waals surface area contributed by atoms with Crippen LogP contribution in [0.1, 0.15) is 114 Å². The lowest BCUT2D eigenvalue weighted by atomic mass is 9.98. The Morgan fingerprint density at radius 1 is 0.545 bits per heavy atom. The maximum Gasteiger partial charge on any atom is 0.407 e. The number of alkyl halides is 5. The van der Waals surface area contributed by atoms with Crippen molar-refractivity contribution in [3.63, 3.8) is 0 Å². The number of rotatable bonds is 23. The summed E-state index contributed by atoms with van der Waals surface area (Å²) >= 11 is 5.92. The normalized spacial score (nSPS) is 19.7. The van der Waals surface area contributed by atoms with Gasteiger partial charge in [0.25, 0.3) is 16.0 Å². The van der Waals surface area contributed by atoms with E-state index in [4.69, 9.17) is 68.6 Å². The third-order valence-electron chi connectivity index (χ3n) is 18.8. The Labute approximate surface area is 656 Å². The van der Waals surface area contributed by atoms with Crippen LogP contribution in [0.2, 0.25) is 5.02 Å². The molecule has 11 atom stereocenters. The van der Waals surface area contributed by atoms with Crippen LogP contribution < -0.4 is 54.3 Å². The molecular weight excluding hydrogens is 1510 g/mol. The first-order valence-corrected chi connectivity index (χ1v) is 37.8. The Morgan fingerprint density at radius 2 is 0.938 bits per heavy atom. The number of furan rings is 1. The van der Waals surface area contributed by atoms with E-state index in [9.17, 15) is 51.6 Å². The number of fused-ring (bicyclic) bond motifs is 5. The zero-order valence-corrected chi connectivity index (χ0v) is 61.1. The van der Waals surface area contributed by atoms with Crippen LogP contribution >= 0.6 is 11.6 Å². The molecule has 112 heavy (non-hydrogen) atoms. The fraction of sp³-hybridized carbons (Fsp3) is 0.500. The van der Waals surface area contributed by atoms with Crippen molar-refractivity contribution in [3.05, 3.63) is 166 Å². The first-order valence-electron chi connectivity index (χ1n) is 35.6. The van der Waals surface area contributed by atoms with Gasteiger partial charge in [0.2, 0.25) is 0 Å². The molecule has 7 aliphatic rings. The van der Waals surface area contributed by atoms with Crippen LogP contribution in [-0.4, -0.2) is 217 Å². The molecule has 0 saturated carbocycles. The van der Waals surface area contributed by atoms with Gasteiger partial charge in [-0.05, 0) is 120 Å². The molecule has 6 aromatic carbocycles. The van der Waals surface area contributed by atoms with Gasteiger partial charge in [-0.2, -0.15) is 17.2 Å². The van der Waals surface area contributed by atoms with Gasteiger partial charge in [0.1, 0.15) is 95.8 Å². The van der Waals surface area contributed by atoms with E-state index in [0.29, 0.717) is 190 Å². The van der Waals surface area contributed by atoms with Gasteiger partial charge in [-0.3, -0.25) is 23.7 Å². The molecule has 7 aromatic rings. The van der Waals surface area contributed by atoms with Crippen LogP contribution in [0.4, 0.5) is 26.7 Å². The van der Waals surface area contributed by atoms with Gasteiger partial charge in [0.05, 0.1) is 37.2 Å². The molecule has 2 amide bonds. The maximum atomic E-state index is 15.2. The molecule has 32 heteroatoms. The number of carbonyl (C=O) groups is 2. The smallest absolute Gasteiger partial charge is 0.407 e. The average Bonchev–Trinajstić information content (AvgIpc) is 1.59. The highest BCUT2D eigenvalue weighted by molar-refractivity contribution is 7.86. The summed E-state index contributed by atoms with van der Waals surface area (Å²) in [5, 5.41) is 48.5. The Hall–Kier alpha value is -8.47. The van der Waals surface area contributed by atoms with Crippen LogP contribution in [0.25, 0.3) is 11.0 Å².